The van der Waals surface area contributed by atoms with E-state index in [1.807, 2.05) is 5.38 Å². The largest absolute Gasteiger partial charge is 0.292 e. The van der Waals surface area contributed by atoms with E-state index in [0.717, 1.165) is 0 Å². The van der Waals surface area contributed by atoms with E-state index in [1.165, 1.54) is 23.5 Å². The third kappa shape index (κ3) is 1.40. The summed E-state index contributed by atoms with van der Waals surface area (Å²) in [6, 6.07) is 4.21. The highest BCUT2D eigenvalue weighted by molar-refractivity contribution is 7.15. The third-order valence-corrected chi connectivity index (χ3v) is 3.22. The molecule has 2 aromatic heterocycles. The zero-order valence-corrected chi connectivity index (χ0v) is 9.18. The molecular weight excluding hydrogens is 242 g/mol. The number of non-ortho nitro benzene ring substituents is 1. The lowest BCUT2D eigenvalue weighted by Crippen LogP contribution is -2.09. The van der Waals surface area contributed by atoms with Gasteiger partial charge in [0.25, 0.3) is 11.2 Å². The second-order valence-electron chi connectivity index (χ2n) is 3.43. The fourth-order valence-electron chi connectivity index (χ4n) is 1.70. The Morgan fingerprint density at radius 3 is 3.00 bits per heavy atom. The summed E-state index contributed by atoms with van der Waals surface area (Å²) in [5.41, 5.74) is 0.0876. The molecule has 84 valence electrons. The molecule has 7 heteroatoms. The molecule has 0 amide bonds. The molecule has 0 unspecified atom stereocenters. The second kappa shape index (κ2) is 3.36. The topological polar surface area (TPSA) is 77.5 Å². The molecule has 0 atom stereocenters. The lowest BCUT2D eigenvalue weighted by molar-refractivity contribution is -0.384. The van der Waals surface area contributed by atoms with Crippen LogP contribution in [0, 0.1) is 10.1 Å². The molecule has 0 saturated carbocycles. The summed E-state index contributed by atoms with van der Waals surface area (Å²) in [6.45, 7) is 0. The van der Waals surface area contributed by atoms with Crippen LogP contribution in [-0.2, 0) is 0 Å². The Morgan fingerprint density at radius 1 is 1.41 bits per heavy atom. The van der Waals surface area contributed by atoms with Crippen LogP contribution in [0.15, 0.2) is 34.6 Å². The molecule has 0 fully saturated rings. The molecule has 3 aromatic rings. The summed E-state index contributed by atoms with van der Waals surface area (Å²) < 4.78 is 1.74. The zero-order valence-electron chi connectivity index (χ0n) is 8.36. The van der Waals surface area contributed by atoms with Gasteiger partial charge < -0.3 is 0 Å². The SMILES string of the molecule is O=c1nc2sccn2c2ccc([N+](=O)[O-])cc12. The van der Waals surface area contributed by atoms with Gasteiger partial charge in [0.1, 0.15) is 0 Å². The Bertz CT molecular complexity index is 805. The van der Waals surface area contributed by atoms with Gasteiger partial charge in [0.2, 0.25) is 0 Å². The number of hydrogen-bond donors (Lipinski definition) is 0. The van der Waals surface area contributed by atoms with Crippen molar-refractivity contribution in [1.29, 1.82) is 0 Å². The molecule has 0 aliphatic heterocycles. The molecule has 6 nitrogen and oxygen atoms in total. The smallest absolute Gasteiger partial charge is 0.282 e. The molecule has 0 bridgehead atoms. The minimum Gasteiger partial charge on any atom is -0.292 e. The van der Waals surface area contributed by atoms with Crippen molar-refractivity contribution in [2.75, 3.05) is 0 Å². The van der Waals surface area contributed by atoms with Crippen LogP contribution in [0.25, 0.3) is 15.9 Å². The average molecular weight is 247 g/mol. The highest BCUT2D eigenvalue weighted by atomic mass is 32.1. The molecule has 0 aliphatic rings. The highest BCUT2D eigenvalue weighted by Gasteiger charge is 2.11. The van der Waals surface area contributed by atoms with Crippen LogP contribution in [0.4, 0.5) is 5.69 Å². The second-order valence-corrected chi connectivity index (χ2v) is 4.30. The van der Waals surface area contributed by atoms with Gasteiger partial charge in [-0.3, -0.25) is 19.3 Å². The van der Waals surface area contributed by atoms with Crippen LogP contribution in [-0.4, -0.2) is 14.3 Å². The lowest BCUT2D eigenvalue weighted by atomic mass is 10.2. The van der Waals surface area contributed by atoms with Crippen LogP contribution in [0.3, 0.4) is 0 Å². The van der Waals surface area contributed by atoms with Gasteiger partial charge in [-0.1, -0.05) is 0 Å². The average Bonchev–Trinajstić information content (AvgIpc) is 2.76. The molecule has 0 N–H and O–H groups in total. The summed E-state index contributed by atoms with van der Waals surface area (Å²) >= 11 is 1.34. The number of nitro benzene ring substituents is 1. The summed E-state index contributed by atoms with van der Waals surface area (Å²) in [7, 11) is 0. The number of rotatable bonds is 1. The molecule has 2 heterocycles. The monoisotopic (exact) mass is 247 g/mol. The first-order chi connectivity index (χ1) is 8.16. The predicted molar refractivity (Wildman–Crippen MR) is 63.5 cm³/mol. The van der Waals surface area contributed by atoms with Gasteiger partial charge in [-0.05, 0) is 6.07 Å². The number of fused-ring (bicyclic) bond motifs is 3. The molecule has 0 radical (unpaired) electrons. The number of nitrogens with zero attached hydrogens (tertiary/aromatic N) is 3. The summed E-state index contributed by atoms with van der Waals surface area (Å²) in [6.07, 6.45) is 1.78. The molecule has 0 saturated heterocycles. The maximum absolute atomic E-state index is 11.7. The third-order valence-electron chi connectivity index (χ3n) is 2.47. The van der Waals surface area contributed by atoms with Gasteiger partial charge >= 0.3 is 0 Å². The Hall–Kier alpha value is -2.28. The van der Waals surface area contributed by atoms with Crippen molar-refractivity contribution < 1.29 is 4.92 Å². The van der Waals surface area contributed by atoms with Gasteiger partial charge in [-0.15, -0.1) is 11.3 Å². The van der Waals surface area contributed by atoms with Gasteiger partial charge in [0.15, 0.2) is 4.96 Å². The molecule has 0 spiro atoms. The molecular formula is C10H5N3O3S. The number of thiazole rings is 1. The van der Waals surface area contributed by atoms with Crippen molar-refractivity contribution in [3.8, 4) is 0 Å². The van der Waals surface area contributed by atoms with Crippen molar-refractivity contribution in [2.24, 2.45) is 0 Å². The van der Waals surface area contributed by atoms with E-state index in [9.17, 15) is 14.9 Å². The lowest BCUT2D eigenvalue weighted by Gasteiger charge is -2.00. The zero-order chi connectivity index (χ0) is 12.0. The summed E-state index contributed by atoms with van der Waals surface area (Å²) in [5.74, 6) is 0. The van der Waals surface area contributed by atoms with Crippen molar-refractivity contribution in [2.45, 2.75) is 0 Å². The van der Waals surface area contributed by atoms with Crippen LogP contribution in [0.5, 0.6) is 0 Å². The number of aromatic nitrogens is 2. The van der Waals surface area contributed by atoms with E-state index in [0.29, 0.717) is 10.5 Å². The van der Waals surface area contributed by atoms with Crippen molar-refractivity contribution in [3.63, 3.8) is 0 Å². The summed E-state index contributed by atoms with van der Waals surface area (Å²) in [5, 5.41) is 12.7. The van der Waals surface area contributed by atoms with Crippen LogP contribution in [0.2, 0.25) is 0 Å². The standard InChI is InChI=1S/C10H5N3O3S/c14-9-7-5-6(13(15)16)1-2-8(7)12-3-4-17-10(12)11-9/h1-5H. The quantitative estimate of drug-likeness (QED) is 0.485. The van der Waals surface area contributed by atoms with Crippen LogP contribution < -0.4 is 5.56 Å². The maximum Gasteiger partial charge on any atom is 0.282 e. The Balaban J connectivity index is 2.52. The normalized spacial score (nSPS) is 11.1. The van der Waals surface area contributed by atoms with E-state index < -0.39 is 10.5 Å². The van der Waals surface area contributed by atoms with Gasteiger partial charge in [-0.25, -0.2) is 0 Å². The van der Waals surface area contributed by atoms with E-state index in [-0.39, 0.29) is 11.1 Å². The van der Waals surface area contributed by atoms with Crippen molar-refractivity contribution >= 4 is 32.9 Å². The Morgan fingerprint density at radius 2 is 2.24 bits per heavy atom. The fraction of sp³-hybridized carbons (Fsp3) is 0. The van der Waals surface area contributed by atoms with Gasteiger partial charge in [0, 0.05) is 23.7 Å². The highest BCUT2D eigenvalue weighted by Crippen LogP contribution is 2.20. The fourth-order valence-corrected chi connectivity index (χ4v) is 2.41. The first-order valence-corrected chi connectivity index (χ1v) is 5.59. The van der Waals surface area contributed by atoms with Gasteiger partial charge in [-0.2, -0.15) is 4.98 Å². The van der Waals surface area contributed by atoms with Gasteiger partial charge in [0.05, 0.1) is 15.8 Å². The van der Waals surface area contributed by atoms with Crippen molar-refractivity contribution in [3.05, 3.63) is 50.2 Å². The van der Waals surface area contributed by atoms with Crippen LogP contribution >= 0.6 is 11.3 Å². The number of hydrogen-bond acceptors (Lipinski definition) is 5. The number of nitro groups is 1. The molecule has 17 heavy (non-hydrogen) atoms. The minimum atomic E-state index is -0.526. The molecule has 3 rings (SSSR count). The summed E-state index contributed by atoms with van der Waals surface area (Å²) in [4.78, 5) is 26.3. The number of benzene rings is 1. The van der Waals surface area contributed by atoms with E-state index >= 15 is 0 Å². The Kier molecular flexibility index (Phi) is 1.96. The Labute approximate surface area is 97.9 Å². The van der Waals surface area contributed by atoms with Crippen molar-refractivity contribution in [1.82, 2.24) is 9.38 Å². The van der Waals surface area contributed by atoms with E-state index in [4.69, 9.17) is 0 Å². The maximum atomic E-state index is 11.7. The molecule has 0 aliphatic carbocycles. The first-order valence-electron chi connectivity index (χ1n) is 4.71. The van der Waals surface area contributed by atoms with E-state index in [2.05, 4.69) is 4.98 Å². The predicted octanol–water partition coefficient (Wildman–Crippen LogP) is 1.82. The van der Waals surface area contributed by atoms with Crippen LogP contribution in [0.1, 0.15) is 0 Å². The first kappa shape index (κ1) is 9.91. The molecule has 1 aromatic carbocycles. The van der Waals surface area contributed by atoms with E-state index in [1.54, 1.807) is 16.7 Å². The minimum absolute atomic E-state index is 0.105.